The third-order valence-electron chi connectivity index (χ3n) is 9.58. The van der Waals surface area contributed by atoms with Crippen molar-refractivity contribution in [2.24, 2.45) is 0 Å². The van der Waals surface area contributed by atoms with Gasteiger partial charge in [-0.15, -0.1) is 0 Å². The Morgan fingerprint density at radius 3 is 1.88 bits per heavy atom. The van der Waals surface area contributed by atoms with Crippen LogP contribution in [-0.2, 0) is 0 Å². The van der Waals surface area contributed by atoms with Crippen LogP contribution in [0, 0.1) is 0 Å². The van der Waals surface area contributed by atoms with Crippen LogP contribution in [0.2, 0.25) is 0 Å². The van der Waals surface area contributed by atoms with Gasteiger partial charge in [0.25, 0.3) is 0 Å². The lowest BCUT2D eigenvalue weighted by Gasteiger charge is -2.27. The second-order valence-electron chi connectivity index (χ2n) is 12.7. The molecule has 0 saturated carbocycles. The van der Waals surface area contributed by atoms with E-state index in [0.29, 0.717) is 11.4 Å². The van der Waals surface area contributed by atoms with E-state index in [4.69, 9.17) is 11.3 Å². The molecule has 2 heteroatoms. The molecule has 9 aromatic carbocycles. The summed E-state index contributed by atoms with van der Waals surface area (Å²) in [4.78, 5) is 1.70. The molecule has 0 N–H and O–H groups in total. The van der Waals surface area contributed by atoms with Gasteiger partial charge in [0.15, 0.2) is 0 Å². The molecule has 0 aliphatic heterocycles. The fraction of sp³-hybridized carbons (Fsp3) is 0. The van der Waals surface area contributed by atoms with E-state index in [2.05, 4.69) is 36.4 Å². The van der Waals surface area contributed by atoms with Gasteiger partial charge in [-0.3, -0.25) is 0 Å². The maximum atomic E-state index is 9.51. The van der Waals surface area contributed by atoms with Gasteiger partial charge in [-0.05, 0) is 104 Å². The van der Waals surface area contributed by atoms with E-state index in [1.165, 1.54) is 0 Å². The topological polar surface area (TPSA) is 16.4 Å². The molecule has 0 unspecified atom stereocenters. The Kier molecular flexibility index (Phi) is 5.28. The third kappa shape index (κ3) is 5.21. The van der Waals surface area contributed by atoms with Crippen molar-refractivity contribution in [3.8, 4) is 33.4 Å². The maximum absolute atomic E-state index is 9.51. The molecular formula is C50H33NO. The minimum atomic E-state index is -0.630. The molecular weight excluding hydrogens is 631 g/mol. The van der Waals surface area contributed by atoms with E-state index in [1.54, 1.807) is 4.90 Å². The van der Waals surface area contributed by atoms with Crippen LogP contribution in [0.25, 0.3) is 76.9 Å². The summed E-state index contributed by atoms with van der Waals surface area (Å²) in [6, 6.07) is 42.7. The second kappa shape index (κ2) is 12.5. The van der Waals surface area contributed by atoms with Crippen LogP contribution in [0.5, 0.6) is 0 Å². The number of hydrogen-bond acceptors (Lipinski definition) is 2. The molecule has 0 bridgehead atoms. The number of nitrogens with zero attached hydrogens (tertiary/aromatic N) is 1. The first-order chi connectivity index (χ1) is 29.5. The van der Waals surface area contributed by atoms with E-state index in [0.717, 1.165) is 65.7 Å². The minimum Gasteiger partial charge on any atom is -0.455 e. The molecule has 244 valence electrons. The average Bonchev–Trinajstić information content (AvgIpc) is 3.69. The predicted molar refractivity (Wildman–Crippen MR) is 220 cm³/mol. The van der Waals surface area contributed by atoms with E-state index in [-0.39, 0.29) is 11.3 Å². The highest BCUT2D eigenvalue weighted by Gasteiger charge is 2.18. The molecule has 0 spiro atoms. The molecule has 0 amide bonds. The lowest BCUT2D eigenvalue weighted by atomic mass is 9.97. The van der Waals surface area contributed by atoms with Crippen molar-refractivity contribution in [1.82, 2.24) is 0 Å². The molecule has 10 aromatic rings. The summed E-state index contributed by atoms with van der Waals surface area (Å²) in [6.45, 7) is 0. The van der Waals surface area contributed by atoms with Crippen molar-refractivity contribution in [3.05, 3.63) is 200 Å². The molecule has 0 radical (unpaired) electrons. The summed E-state index contributed by atoms with van der Waals surface area (Å²) in [5, 5.41) is 6.11. The Morgan fingerprint density at radius 2 is 1.06 bits per heavy atom. The first-order valence-electron chi connectivity index (χ1n) is 21.5. The predicted octanol–water partition coefficient (Wildman–Crippen LogP) is 14.4. The molecule has 2 nitrogen and oxygen atoms in total. The highest BCUT2D eigenvalue weighted by Crippen LogP contribution is 2.43. The zero-order chi connectivity index (χ0) is 42.3. The van der Waals surface area contributed by atoms with Crippen molar-refractivity contribution < 1.29 is 16.8 Å². The Hall–Kier alpha value is -6.90. The number of fused-ring (bicyclic) bond motifs is 6. The van der Waals surface area contributed by atoms with Gasteiger partial charge in [0, 0.05) is 33.2 Å². The summed E-state index contributed by atoms with van der Waals surface area (Å²) >= 11 is 0. The zero-order valence-electron chi connectivity index (χ0n) is 36.7. The quantitative estimate of drug-likeness (QED) is 0.175. The average molecular weight is 673 g/mol. The molecule has 0 fully saturated rings. The number of benzene rings is 9. The fourth-order valence-corrected chi connectivity index (χ4v) is 7.13. The second-order valence-corrected chi connectivity index (χ2v) is 12.7. The fourth-order valence-electron chi connectivity index (χ4n) is 7.13. The first-order valence-corrected chi connectivity index (χ1v) is 17.0. The van der Waals surface area contributed by atoms with Gasteiger partial charge >= 0.3 is 0 Å². The summed E-state index contributed by atoms with van der Waals surface area (Å²) < 4.78 is 86.0. The molecule has 1 heterocycles. The maximum Gasteiger partial charge on any atom is 0.143 e. The van der Waals surface area contributed by atoms with E-state index in [1.807, 2.05) is 109 Å². The van der Waals surface area contributed by atoms with Crippen molar-refractivity contribution in [1.29, 1.82) is 0 Å². The van der Waals surface area contributed by atoms with Gasteiger partial charge in [-0.1, -0.05) is 145 Å². The van der Waals surface area contributed by atoms with E-state index < -0.39 is 59.9 Å². The standard InChI is InChI=1S/C50H33NO/c1-2-11-34(12-3-1)36-25-28-42(29-26-36)51(43-18-8-16-39(32-43)40-24-23-35-13-4-5-15-38(35)31-40)44-19-9-17-41(33-44)45-21-10-22-48-49(45)47-30-27-37-14-6-7-20-46(37)50(47)52-48/h1-33H/i1D,2D,3D,11D,12D,25D,26D,28D,29D. The van der Waals surface area contributed by atoms with Gasteiger partial charge in [-0.25, -0.2) is 0 Å². The smallest absolute Gasteiger partial charge is 0.143 e. The first kappa shape index (κ1) is 22.0. The zero-order valence-corrected chi connectivity index (χ0v) is 27.7. The van der Waals surface area contributed by atoms with Gasteiger partial charge < -0.3 is 9.32 Å². The van der Waals surface area contributed by atoms with Crippen molar-refractivity contribution in [2.45, 2.75) is 0 Å². The highest BCUT2D eigenvalue weighted by molar-refractivity contribution is 6.19. The van der Waals surface area contributed by atoms with Crippen LogP contribution in [-0.4, -0.2) is 0 Å². The molecule has 0 aliphatic carbocycles. The van der Waals surface area contributed by atoms with Crippen LogP contribution in [0.3, 0.4) is 0 Å². The number of rotatable bonds is 6. The van der Waals surface area contributed by atoms with E-state index in [9.17, 15) is 5.48 Å². The lowest BCUT2D eigenvalue weighted by Crippen LogP contribution is -2.10. The molecule has 1 aromatic heterocycles. The summed E-state index contributed by atoms with van der Waals surface area (Å²) in [7, 11) is 0. The van der Waals surface area contributed by atoms with Gasteiger partial charge in [0.2, 0.25) is 0 Å². The third-order valence-corrected chi connectivity index (χ3v) is 9.58. The molecule has 52 heavy (non-hydrogen) atoms. The van der Waals surface area contributed by atoms with E-state index >= 15 is 0 Å². The summed E-state index contributed by atoms with van der Waals surface area (Å²) in [5.41, 5.74) is 5.28. The number of furan rings is 1. The SMILES string of the molecule is [2H]c1c([2H])c([2H])c(-c2c([2H])c([2H])c(N(c3cccc(-c4ccc5ccccc5c4)c3)c3cccc(-c4cccc5oc6c7ccccc7ccc6c45)c3)c([2H])c2[2H])c([2H])c1[2H]. The lowest BCUT2D eigenvalue weighted by molar-refractivity contribution is 0.673. The van der Waals surface area contributed by atoms with Gasteiger partial charge in [0.1, 0.15) is 11.2 Å². The van der Waals surface area contributed by atoms with Gasteiger partial charge in [-0.2, -0.15) is 0 Å². The van der Waals surface area contributed by atoms with Crippen LogP contribution in [0.15, 0.2) is 204 Å². The van der Waals surface area contributed by atoms with Crippen molar-refractivity contribution >= 4 is 60.5 Å². The Labute approximate surface area is 315 Å². The minimum absolute atomic E-state index is 0.0719. The number of anilines is 3. The largest absolute Gasteiger partial charge is 0.455 e. The Bertz CT molecular complexity index is 3390. The van der Waals surface area contributed by atoms with Crippen LogP contribution >= 0.6 is 0 Å². The molecule has 0 saturated heterocycles. The normalized spacial score (nSPS) is 13.9. The molecule has 0 atom stereocenters. The monoisotopic (exact) mass is 672 g/mol. The number of hydrogen-bond donors (Lipinski definition) is 0. The van der Waals surface area contributed by atoms with Crippen LogP contribution < -0.4 is 4.90 Å². The van der Waals surface area contributed by atoms with Crippen LogP contribution in [0.4, 0.5) is 17.1 Å². The summed E-state index contributed by atoms with van der Waals surface area (Å²) in [6.07, 6.45) is 0. The van der Waals surface area contributed by atoms with Crippen LogP contribution in [0.1, 0.15) is 12.3 Å². The Morgan fingerprint density at radius 1 is 0.404 bits per heavy atom. The highest BCUT2D eigenvalue weighted by atomic mass is 16.3. The molecule has 10 rings (SSSR count). The summed E-state index contributed by atoms with van der Waals surface area (Å²) in [5.74, 6) is 0. The van der Waals surface area contributed by atoms with Crippen molar-refractivity contribution in [2.75, 3.05) is 4.90 Å². The van der Waals surface area contributed by atoms with Crippen molar-refractivity contribution in [3.63, 3.8) is 0 Å². The molecule has 0 aliphatic rings. The van der Waals surface area contributed by atoms with Gasteiger partial charge in [0.05, 0.1) is 12.3 Å². The Balaban J connectivity index is 1.21.